The molecule has 1 aromatic carbocycles. The summed E-state index contributed by atoms with van der Waals surface area (Å²) in [4.78, 5) is 11.5. The van der Waals surface area contributed by atoms with Gasteiger partial charge in [-0.3, -0.25) is 4.98 Å². The predicted octanol–water partition coefficient (Wildman–Crippen LogP) is 2.57. The lowest BCUT2D eigenvalue weighted by Gasteiger charge is -2.08. The lowest BCUT2D eigenvalue weighted by Crippen LogP contribution is -2.14. The third kappa shape index (κ3) is 2.63. The molecule has 0 saturated carbocycles. The van der Waals surface area contributed by atoms with E-state index in [0.717, 1.165) is 17.0 Å². The maximum absolute atomic E-state index is 5.68. The Morgan fingerprint density at radius 3 is 2.53 bits per heavy atom. The molecule has 0 aliphatic heterocycles. The zero-order valence-corrected chi connectivity index (χ0v) is 10.3. The highest BCUT2D eigenvalue weighted by Crippen LogP contribution is 2.14. The molecule has 0 bridgehead atoms. The first kappa shape index (κ1) is 11.5. The third-order valence-corrected chi connectivity index (χ3v) is 2.73. The summed E-state index contributed by atoms with van der Waals surface area (Å²) in [6, 6.07) is 17.6. The first-order chi connectivity index (χ1) is 9.43. The zero-order chi connectivity index (χ0) is 12.9. The zero-order valence-electron chi connectivity index (χ0n) is 10.3. The van der Waals surface area contributed by atoms with E-state index in [-0.39, 0.29) is 0 Å². The van der Waals surface area contributed by atoms with Crippen LogP contribution in [0.3, 0.4) is 0 Å². The number of hydrogen-bond donors (Lipinski definition) is 0. The van der Waals surface area contributed by atoms with E-state index >= 15 is 0 Å². The minimum atomic E-state index is 0.475. The highest BCUT2D eigenvalue weighted by molar-refractivity contribution is 5.52. The third-order valence-electron chi connectivity index (χ3n) is 2.73. The summed E-state index contributed by atoms with van der Waals surface area (Å²) in [5, 5.41) is 4.16. The number of nitrogens with zero attached hydrogens (tertiary/aromatic N) is 3. The molecule has 0 aliphatic rings. The average Bonchev–Trinajstić information content (AvgIpc) is 2.95. The largest absolute Gasteiger partial charge is 0.391 e. The monoisotopic (exact) mass is 251 g/mol. The molecule has 0 N–H and O–H groups in total. The SMILES string of the molecule is c1ccc(COn2nccc2-c2ccccn2)cc1. The van der Waals surface area contributed by atoms with Gasteiger partial charge in [0.2, 0.25) is 0 Å². The van der Waals surface area contributed by atoms with E-state index in [4.69, 9.17) is 4.84 Å². The van der Waals surface area contributed by atoms with Gasteiger partial charge in [-0.05, 0) is 23.8 Å². The van der Waals surface area contributed by atoms with Crippen LogP contribution in [0.15, 0.2) is 67.0 Å². The fraction of sp³-hybridized carbons (Fsp3) is 0.0667. The van der Waals surface area contributed by atoms with Crippen LogP contribution in [0.1, 0.15) is 5.56 Å². The van der Waals surface area contributed by atoms with Crippen molar-refractivity contribution in [1.29, 1.82) is 0 Å². The maximum Gasteiger partial charge on any atom is 0.142 e. The molecular weight excluding hydrogens is 238 g/mol. The maximum atomic E-state index is 5.68. The molecular formula is C15H13N3O. The molecule has 0 radical (unpaired) electrons. The number of hydrogen-bond acceptors (Lipinski definition) is 3. The molecule has 4 nitrogen and oxygen atoms in total. The van der Waals surface area contributed by atoms with Gasteiger partial charge in [0, 0.05) is 6.20 Å². The van der Waals surface area contributed by atoms with Crippen LogP contribution in [0.5, 0.6) is 0 Å². The van der Waals surface area contributed by atoms with Crippen LogP contribution in [-0.2, 0) is 6.61 Å². The molecule has 0 fully saturated rings. The number of aromatic nitrogens is 3. The van der Waals surface area contributed by atoms with Gasteiger partial charge >= 0.3 is 0 Å². The highest BCUT2D eigenvalue weighted by Gasteiger charge is 2.07. The van der Waals surface area contributed by atoms with E-state index in [1.165, 1.54) is 4.85 Å². The Bertz CT molecular complexity index is 635. The van der Waals surface area contributed by atoms with E-state index in [9.17, 15) is 0 Å². The Hall–Kier alpha value is -2.62. The van der Waals surface area contributed by atoms with Gasteiger partial charge in [0.05, 0.1) is 11.9 Å². The summed E-state index contributed by atoms with van der Waals surface area (Å²) in [5.41, 5.74) is 2.79. The lowest BCUT2D eigenvalue weighted by molar-refractivity contribution is 0.0735. The van der Waals surface area contributed by atoms with E-state index < -0.39 is 0 Å². The lowest BCUT2D eigenvalue weighted by atomic mass is 10.2. The van der Waals surface area contributed by atoms with E-state index in [1.807, 2.05) is 54.6 Å². The van der Waals surface area contributed by atoms with Crippen molar-refractivity contribution in [2.24, 2.45) is 0 Å². The summed E-state index contributed by atoms with van der Waals surface area (Å²) >= 11 is 0. The normalized spacial score (nSPS) is 10.3. The minimum Gasteiger partial charge on any atom is -0.391 e. The van der Waals surface area contributed by atoms with Crippen LogP contribution in [0.25, 0.3) is 11.4 Å². The molecule has 0 unspecified atom stereocenters. The van der Waals surface area contributed by atoms with Gasteiger partial charge in [0.15, 0.2) is 0 Å². The average molecular weight is 251 g/mol. The summed E-state index contributed by atoms with van der Waals surface area (Å²) in [6.45, 7) is 0.475. The van der Waals surface area contributed by atoms with Crippen molar-refractivity contribution in [3.05, 3.63) is 72.6 Å². The van der Waals surface area contributed by atoms with Crippen molar-refractivity contribution in [2.45, 2.75) is 6.61 Å². The van der Waals surface area contributed by atoms with Gasteiger partial charge in [-0.1, -0.05) is 41.2 Å². The minimum absolute atomic E-state index is 0.475. The summed E-state index contributed by atoms with van der Waals surface area (Å²) in [5.74, 6) is 0. The number of rotatable bonds is 4. The van der Waals surface area contributed by atoms with Gasteiger partial charge in [-0.2, -0.15) is 0 Å². The molecule has 19 heavy (non-hydrogen) atoms. The smallest absolute Gasteiger partial charge is 0.142 e. The highest BCUT2D eigenvalue weighted by atomic mass is 16.7. The first-order valence-electron chi connectivity index (χ1n) is 6.06. The van der Waals surface area contributed by atoms with Gasteiger partial charge in [-0.15, -0.1) is 5.10 Å². The molecule has 0 atom stereocenters. The summed E-state index contributed by atoms with van der Waals surface area (Å²) in [6.07, 6.45) is 3.46. The Kier molecular flexibility index (Phi) is 3.23. The Balaban J connectivity index is 1.78. The molecule has 3 rings (SSSR count). The van der Waals surface area contributed by atoms with E-state index in [1.54, 1.807) is 12.4 Å². The van der Waals surface area contributed by atoms with Crippen LogP contribution in [0.4, 0.5) is 0 Å². The van der Waals surface area contributed by atoms with Crippen LogP contribution in [-0.4, -0.2) is 14.9 Å². The Labute approximate surface area is 111 Å². The Morgan fingerprint density at radius 2 is 1.74 bits per heavy atom. The van der Waals surface area contributed by atoms with Gasteiger partial charge in [-0.25, -0.2) is 0 Å². The predicted molar refractivity (Wildman–Crippen MR) is 72.2 cm³/mol. The van der Waals surface area contributed by atoms with Crippen LogP contribution >= 0.6 is 0 Å². The van der Waals surface area contributed by atoms with E-state index in [2.05, 4.69) is 10.1 Å². The van der Waals surface area contributed by atoms with Gasteiger partial charge in [0.1, 0.15) is 12.3 Å². The van der Waals surface area contributed by atoms with Gasteiger partial charge < -0.3 is 4.84 Å². The van der Waals surface area contributed by atoms with Crippen LogP contribution < -0.4 is 4.84 Å². The molecule has 0 amide bonds. The molecule has 0 saturated heterocycles. The molecule has 2 aromatic heterocycles. The topological polar surface area (TPSA) is 39.9 Å². The van der Waals surface area contributed by atoms with Crippen molar-refractivity contribution in [3.63, 3.8) is 0 Å². The van der Waals surface area contributed by atoms with Crippen molar-refractivity contribution in [2.75, 3.05) is 0 Å². The van der Waals surface area contributed by atoms with Crippen molar-refractivity contribution in [1.82, 2.24) is 14.9 Å². The second-order valence-electron chi connectivity index (χ2n) is 4.06. The van der Waals surface area contributed by atoms with Crippen molar-refractivity contribution < 1.29 is 4.84 Å². The molecule has 94 valence electrons. The van der Waals surface area contributed by atoms with Gasteiger partial charge in [0.25, 0.3) is 0 Å². The van der Waals surface area contributed by atoms with E-state index in [0.29, 0.717) is 6.61 Å². The molecule has 3 aromatic rings. The molecule has 4 heteroatoms. The standard InChI is InChI=1S/C15H13N3O/c1-2-6-13(7-3-1)12-19-18-15(9-11-17-18)14-8-4-5-10-16-14/h1-11H,12H2. The summed E-state index contributed by atoms with van der Waals surface area (Å²) in [7, 11) is 0. The number of benzene rings is 1. The number of pyridine rings is 1. The molecule has 0 aliphatic carbocycles. The second-order valence-corrected chi connectivity index (χ2v) is 4.06. The second kappa shape index (κ2) is 5.35. The molecule has 2 heterocycles. The molecule has 0 spiro atoms. The quantitative estimate of drug-likeness (QED) is 0.715. The first-order valence-corrected chi connectivity index (χ1v) is 6.06. The fourth-order valence-electron chi connectivity index (χ4n) is 1.80. The fourth-order valence-corrected chi connectivity index (χ4v) is 1.80. The van der Waals surface area contributed by atoms with Crippen LogP contribution in [0, 0.1) is 0 Å². The van der Waals surface area contributed by atoms with Crippen LogP contribution in [0.2, 0.25) is 0 Å². The summed E-state index contributed by atoms with van der Waals surface area (Å²) < 4.78 is 0. The van der Waals surface area contributed by atoms with Crippen molar-refractivity contribution >= 4 is 0 Å². The Morgan fingerprint density at radius 1 is 0.895 bits per heavy atom. The van der Waals surface area contributed by atoms with Crippen molar-refractivity contribution in [3.8, 4) is 11.4 Å².